The largest absolute Gasteiger partial charge is 0.379 e. The van der Waals surface area contributed by atoms with Crippen molar-refractivity contribution in [3.63, 3.8) is 0 Å². The van der Waals surface area contributed by atoms with Crippen molar-refractivity contribution >= 4 is 22.4 Å². The molecular weight excluding hydrogens is 460 g/mol. The van der Waals surface area contributed by atoms with Gasteiger partial charge in [-0.3, -0.25) is 14.9 Å². The Kier molecular flexibility index (Phi) is 6.62. The van der Waals surface area contributed by atoms with Crippen molar-refractivity contribution in [1.29, 1.82) is 0 Å². The minimum atomic E-state index is 0.707. The van der Waals surface area contributed by atoms with Crippen LogP contribution in [0, 0.1) is 6.92 Å². The Balaban J connectivity index is 1.53. The lowest BCUT2D eigenvalue weighted by Gasteiger charge is -2.25. The van der Waals surface area contributed by atoms with Crippen LogP contribution in [0.15, 0.2) is 90.2 Å². The summed E-state index contributed by atoms with van der Waals surface area (Å²) in [5.74, 6) is 0. The summed E-state index contributed by atoms with van der Waals surface area (Å²) in [5, 5.41) is 4.44. The van der Waals surface area contributed by atoms with Crippen LogP contribution in [0.2, 0.25) is 0 Å². The predicted octanol–water partition coefficient (Wildman–Crippen LogP) is 4.81. The number of aryl methyl sites for hydroxylation is 1. The zero-order valence-corrected chi connectivity index (χ0v) is 21.0. The smallest absolute Gasteiger partial charge is 0.0900 e. The van der Waals surface area contributed by atoms with Crippen molar-refractivity contribution in [3.8, 4) is 17.1 Å². The first-order valence-electron chi connectivity index (χ1n) is 12.7. The number of benzene rings is 3. The SMILES string of the molecule is Cc1ccc2nc3cc(Nc4cccnc4)c(=NCCN4CCOCC4)cc-3n(-c3ccccc3)c2c1. The van der Waals surface area contributed by atoms with E-state index in [2.05, 4.69) is 81.3 Å². The number of hydrogen-bond donors (Lipinski definition) is 1. The second-order valence-corrected chi connectivity index (χ2v) is 9.34. The van der Waals surface area contributed by atoms with E-state index < -0.39 is 0 Å². The van der Waals surface area contributed by atoms with E-state index in [0.717, 1.165) is 77.7 Å². The molecule has 37 heavy (non-hydrogen) atoms. The number of para-hydroxylation sites is 1. The average Bonchev–Trinajstić information content (AvgIpc) is 2.94. The van der Waals surface area contributed by atoms with Crippen molar-refractivity contribution in [3.05, 3.63) is 96.1 Å². The third kappa shape index (κ3) is 5.09. The van der Waals surface area contributed by atoms with E-state index in [1.807, 2.05) is 24.4 Å². The molecule has 2 aromatic carbocycles. The molecule has 1 N–H and O–H groups in total. The van der Waals surface area contributed by atoms with Crippen LogP contribution in [0.3, 0.4) is 0 Å². The highest BCUT2D eigenvalue weighted by Crippen LogP contribution is 2.30. The van der Waals surface area contributed by atoms with Gasteiger partial charge in [-0.25, -0.2) is 4.98 Å². The molecule has 6 rings (SSSR count). The number of hydrogen-bond acceptors (Lipinski definition) is 6. The lowest BCUT2D eigenvalue weighted by molar-refractivity contribution is 0.0394. The van der Waals surface area contributed by atoms with Crippen LogP contribution in [-0.4, -0.2) is 58.8 Å². The van der Waals surface area contributed by atoms with Gasteiger partial charge in [-0.2, -0.15) is 0 Å². The van der Waals surface area contributed by atoms with E-state index in [1.54, 1.807) is 6.20 Å². The number of nitrogens with zero attached hydrogens (tertiary/aromatic N) is 5. The van der Waals surface area contributed by atoms with Crippen molar-refractivity contribution < 1.29 is 4.74 Å². The standard InChI is InChI=1S/C30H30N6O/c1-22-9-10-25-29(18-22)36(24-7-3-2-4-8-24)30-20-26(32-12-13-35-14-16-37-17-15-35)27(19-28(30)34-25)33-23-6-5-11-31-21-23/h2-11,18-21,33H,12-17H2,1H3. The molecule has 0 unspecified atom stereocenters. The number of fused-ring (bicyclic) bond motifs is 2. The van der Waals surface area contributed by atoms with Crippen LogP contribution in [0.5, 0.6) is 0 Å². The van der Waals surface area contributed by atoms with Gasteiger partial charge in [0.15, 0.2) is 0 Å². The second-order valence-electron chi connectivity index (χ2n) is 9.34. The normalized spacial score (nSPS) is 14.9. The molecule has 3 aromatic rings. The predicted molar refractivity (Wildman–Crippen MR) is 148 cm³/mol. The molecule has 2 aliphatic heterocycles. The van der Waals surface area contributed by atoms with Gasteiger partial charge in [0.1, 0.15) is 0 Å². The minimum absolute atomic E-state index is 0.707. The minimum Gasteiger partial charge on any atom is -0.379 e. The topological polar surface area (TPSA) is 67.6 Å². The quantitative estimate of drug-likeness (QED) is 0.346. The molecule has 1 saturated heterocycles. The van der Waals surface area contributed by atoms with Crippen LogP contribution in [0.25, 0.3) is 28.1 Å². The monoisotopic (exact) mass is 490 g/mol. The summed E-state index contributed by atoms with van der Waals surface area (Å²) >= 11 is 0. The summed E-state index contributed by atoms with van der Waals surface area (Å²) in [6.07, 6.45) is 3.60. The van der Waals surface area contributed by atoms with E-state index in [1.165, 1.54) is 5.56 Å². The van der Waals surface area contributed by atoms with Crippen LogP contribution in [0.1, 0.15) is 5.56 Å². The van der Waals surface area contributed by atoms with Crippen LogP contribution in [0.4, 0.5) is 11.4 Å². The fourth-order valence-corrected chi connectivity index (χ4v) is 4.82. The van der Waals surface area contributed by atoms with E-state index in [0.29, 0.717) is 6.54 Å². The molecule has 0 radical (unpaired) electrons. The maximum absolute atomic E-state index is 5.50. The molecule has 1 aromatic heterocycles. The van der Waals surface area contributed by atoms with Crippen molar-refractivity contribution in [2.45, 2.75) is 6.92 Å². The number of anilines is 2. The summed E-state index contributed by atoms with van der Waals surface area (Å²) in [6.45, 7) is 7.22. The van der Waals surface area contributed by atoms with Gasteiger partial charge in [0.2, 0.25) is 0 Å². The first kappa shape index (κ1) is 23.3. The first-order chi connectivity index (χ1) is 18.2. The molecule has 0 saturated carbocycles. The van der Waals surface area contributed by atoms with Gasteiger partial charge in [-0.1, -0.05) is 24.3 Å². The van der Waals surface area contributed by atoms with Crippen LogP contribution in [-0.2, 0) is 4.74 Å². The van der Waals surface area contributed by atoms with E-state index >= 15 is 0 Å². The molecule has 186 valence electrons. The zero-order valence-electron chi connectivity index (χ0n) is 21.0. The van der Waals surface area contributed by atoms with E-state index in [-0.39, 0.29) is 0 Å². The molecule has 0 atom stereocenters. The van der Waals surface area contributed by atoms with Gasteiger partial charge in [-0.05, 0) is 61.0 Å². The molecule has 0 spiro atoms. The van der Waals surface area contributed by atoms with Gasteiger partial charge in [0.25, 0.3) is 0 Å². The molecule has 1 fully saturated rings. The highest BCUT2D eigenvalue weighted by molar-refractivity contribution is 5.84. The summed E-state index contributed by atoms with van der Waals surface area (Å²) in [7, 11) is 0. The van der Waals surface area contributed by atoms with Gasteiger partial charge >= 0.3 is 0 Å². The Hall–Kier alpha value is -4.07. The Morgan fingerprint density at radius 2 is 1.84 bits per heavy atom. The lowest BCUT2D eigenvalue weighted by Crippen LogP contribution is -2.38. The van der Waals surface area contributed by atoms with Crippen molar-refractivity contribution in [2.75, 3.05) is 44.7 Å². The molecular formula is C30H30N6O. The Morgan fingerprint density at radius 3 is 2.65 bits per heavy atom. The summed E-state index contributed by atoms with van der Waals surface area (Å²) < 4.78 is 7.79. The highest BCUT2D eigenvalue weighted by atomic mass is 16.5. The van der Waals surface area contributed by atoms with E-state index in [9.17, 15) is 0 Å². The van der Waals surface area contributed by atoms with Crippen LogP contribution >= 0.6 is 0 Å². The van der Waals surface area contributed by atoms with Gasteiger partial charge in [0, 0.05) is 31.5 Å². The second kappa shape index (κ2) is 10.5. The number of aromatic nitrogens is 3. The Labute approximate surface area is 216 Å². The summed E-state index contributed by atoms with van der Waals surface area (Å²) in [6, 6.07) is 25.1. The Bertz CT molecular complexity index is 1540. The first-order valence-corrected chi connectivity index (χ1v) is 12.7. The summed E-state index contributed by atoms with van der Waals surface area (Å²) in [4.78, 5) is 16.8. The number of nitrogens with one attached hydrogen (secondary N) is 1. The van der Waals surface area contributed by atoms with Gasteiger partial charge < -0.3 is 14.6 Å². The fraction of sp³-hybridized carbons (Fsp3) is 0.233. The third-order valence-electron chi connectivity index (χ3n) is 6.70. The number of pyridine rings is 1. The summed E-state index contributed by atoms with van der Waals surface area (Å²) in [5.41, 5.74) is 8.07. The number of ether oxygens (including phenoxy) is 1. The third-order valence-corrected chi connectivity index (χ3v) is 6.70. The van der Waals surface area contributed by atoms with Gasteiger partial charge in [0.05, 0.1) is 65.1 Å². The van der Waals surface area contributed by atoms with Crippen molar-refractivity contribution in [2.24, 2.45) is 4.99 Å². The highest BCUT2D eigenvalue weighted by Gasteiger charge is 2.17. The van der Waals surface area contributed by atoms with Gasteiger partial charge in [-0.15, -0.1) is 0 Å². The average molecular weight is 491 g/mol. The maximum Gasteiger partial charge on any atom is 0.0900 e. The zero-order chi connectivity index (χ0) is 25.0. The molecule has 0 bridgehead atoms. The molecule has 7 nitrogen and oxygen atoms in total. The lowest BCUT2D eigenvalue weighted by atomic mass is 10.1. The maximum atomic E-state index is 5.50. The Morgan fingerprint density at radius 1 is 0.973 bits per heavy atom. The molecule has 3 heterocycles. The molecule has 7 heteroatoms. The molecule has 0 amide bonds. The molecule has 1 aliphatic carbocycles. The number of morpholine rings is 1. The fourth-order valence-electron chi connectivity index (χ4n) is 4.82. The van der Waals surface area contributed by atoms with E-state index in [4.69, 9.17) is 14.7 Å². The van der Waals surface area contributed by atoms with Crippen molar-refractivity contribution in [1.82, 2.24) is 19.4 Å². The molecule has 3 aliphatic rings. The number of rotatable bonds is 6. The van der Waals surface area contributed by atoms with Crippen LogP contribution < -0.4 is 10.7 Å².